The van der Waals surface area contributed by atoms with E-state index in [-0.39, 0.29) is 3.70 Å². The third-order valence-electron chi connectivity index (χ3n) is 1.66. The lowest BCUT2D eigenvalue weighted by Crippen LogP contribution is -2.05. The Bertz CT molecular complexity index is 509. The van der Waals surface area contributed by atoms with Gasteiger partial charge in [0.1, 0.15) is 3.70 Å². The van der Waals surface area contributed by atoms with Crippen LogP contribution in [0.3, 0.4) is 0 Å². The fourth-order valence-corrected chi connectivity index (χ4v) is 3.80. The van der Waals surface area contributed by atoms with Gasteiger partial charge in [0.15, 0.2) is 10.6 Å². The number of hydrogen-bond acceptors (Lipinski definition) is 4. The molecule has 0 bridgehead atoms. The molecule has 1 heterocycles. The molecule has 0 radical (unpaired) electrons. The molecule has 1 aromatic rings. The second-order valence-electron chi connectivity index (χ2n) is 2.61. The van der Waals surface area contributed by atoms with E-state index in [9.17, 15) is 17.2 Å². The number of halogens is 4. The second-order valence-corrected chi connectivity index (χ2v) is 6.13. The van der Waals surface area contributed by atoms with Crippen molar-refractivity contribution in [1.82, 2.24) is 4.98 Å². The third kappa shape index (κ3) is 2.72. The Morgan fingerprint density at radius 2 is 2.12 bits per heavy atom. The highest BCUT2D eigenvalue weighted by molar-refractivity contribution is 14.1. The van der Waals surface area contributed by atoms with E-state index in [4.69, 9.17) is 10.7 Å². The van der Waals surface area contributed by atoms with Crippen LogP contribution in [-0.2, 0) is 9.05 Å². The number of methoxy groups -OCH3 is 1. The van der Waals surface area contributed by atoms with Gasteiger partial charge in [0.05, 0.1) is 12.7 Å². The summed E-state index contributed by atoms with van der Waals surface area (Å²) in [4.78, 5) is 3.01. The molecule has 16 heavy (non-hydrogen) atoms. The van der Waals surface area contributed by atoms with Crippen molar-refractivity contribution >= 4 is 42.3 Å². The predicted molar refractivity (Wildman–Crippen MR) is 61.5 cm³/mol. The molecule has 0 unspecified atom stereocenters. The number of nitrogens with zero attached hydrogens (tertiary/aromatic N) is 1. The topological polar surface area (TPSA) is 56.3 Å². The van der Waals surface area contributed by atoms with Crippen LogP contribution in [-0.4, -0.2) is 20.5 Å². The first-order valence-electron chi connectivity index (χ1n) is 3.74. The number of alkyl halides is 2. The first-order valence-corrected chi connectivity index (χ1v) is 7.13. The van der Waals surface area contributed by atoms with E-state index in [1.54, 1.807) is 22.6 Å². The highest BCUT2D eigenvalue weighted by atomic mass is 127. The van der Waals surface area contributed by atoms with Gasteiger partial charge in [0.2, 0.25) is 0 Å². The SMILES string of the molecule is COc1c(C(F)F)cnc(I)c1S(=O)(=O)Cl. The summed E-state index contributed by atoms with van der Waals surface area (Å²) < 4.78 is 52.2. The summed E-state index contributed by atoms with van der Waals surface area (Å²) in [7, 11) is 2.02. The van der Waals surface area contributed by atoms with Crippen molar-refractivity contribution in [3.8, 4) is 5.75 Å². The van der Waals surface area contributed by atoms with Crippen LogP contribution in [0, 0.1) is 3.70 Å². The molecule has 0 fully saturated rings. The molecule has 0 amide bonds. The van der Waals surface area contributed by atoms with Crippen LogP contribution in [0.5, 0.6) is 5.75 Å². The average molecular weight is 384 g/mol. The summed E-state index contributed by atoms with van der Waals surface area (Å²) in [5, 5.41) is 0. The molecule has 0 spiro atoms. The normalized spacial score (nSPS) is 11.9. The lowest BCUT2D eigenvalue weighted by Gasteiger charge is -2.11. The summed E-state index contributed by atoms with van der Waals surface area (Å²) in [5.41, 5.74) is -0.609. The molecule has 0 N–H and O–H groups in total. The summed E-state index contributed by atoms with van der Waals surface area (Å²) in [6, 6.07) is 0. The maximum Gasteiger partial charge on any atom is 0.268 e. The number of aromatic nitrogens is 1. The predicted octanol–water partition coefficient (Wildman–Crippen LogP) is 2.56. The molecule has 9 heteroatoms. The number of hydrogen-bond donors (Lipinski definition) is 0. The zero-order valence-electron chi connectivity index (χ0n) is 7.75. The van der Waals surface area contributed by atoms with Gasteiger partial charge in [-0.25, -0.2) is 22.2 Å². The molecule has 0 aliphatic heterocycles. The molecule has 0 aliphatic rings. The summed E-state index contributed by atoms with van der Waals surface area (Å²) in [6.07, 6.45) is -2.03. The molecule has 90 valence electrons. The number of ether oxygens (including phenoxy) is 1. The minimum Gasteiger partial charge on any atom is -0.495 e. The third-order valence-corrected chi connectivity index (χ3v) is 4.17. The Morgan fingerprint density at radius 3 is 2.50 bits per heavy atom. The first-order chi connectivity index (χ1) is 7.29. The van der Waals surface area contributed by atoms with Gasteiger partial charge < -0.3 is 4.74 Å². The molecule has 0 aromatic carbocycles. The van der Waals surface area contributed by atoms with Crippen LogP contribution >= 0.6 is 33.3 Å². The first kappa shape index (κ1) is 13.8. The van der Waals surface area contributed by atoms with Gasteiger partial charge in [-0.2, -0.15) is 0 Å². The van der Waals surface area contributed by atoms with Crippen molar-refractivity contribution in [1.29, 1.82) is 0 Å². The van der Waals surface area contributed by atoms with Gasteiger partial charge >= 0.3 is 0 Å². The van der Waals surface area contributed by atoms with Crippen LogP contribution < -0.4 is 4.74 Å². The molecule has 0 saturated carbocycles. The minimum atomic E-state index is -4.19. The van der Waals surface area contributed by atoms with Crippen LogP contribution in [0.4, 0.5) is 8.78 Å². The molecular formula is C7H5ClF2INO3S. The second kappa shape index (κ2) is 4.96. The standard InChI is InChI=1S/C7H5ClF2INO3S/c1-15-4-3(6(9)10)2-12-7(11)5(4)16(8,13)14/h2,6H,1H3. The minimum absolute atomic E-state index is 0.0196. The Hall–Kier alpha value is -0.220. The smallest absolute Gasteiger partial charge is 0.268 e. The van der Waals surface area contributed by atoms with E-state index < -0.39 is 31.7 Å². The monoisotopic (exact) mass is 383 g/mol. The van der Waals surface area contributed by atoms with Gasteiger partial charge in [0.25, 0.3) is 15.5 Å². The Kier molecular flexibility index (Phi) is 4.29. The van der Waals surface area contributed by atoms with Crippen molar-refractivity contribution < 1.29 is 21.9 Å². The van der Waals surface area contributed by atoms with Crippen LogP contribution in [0.15, 0.2) is 11.1 Å². The zero-order valence-corrected chi connectivity index (χ0v) is 11.5. The molecule has 1 aromatic heterocycles. The summed E-state index contributed by atoms with van der Waals surface area (Å²) in [5.74, 6) is -0.468. The van der Waals surface area contributed by atoms with Gasteiger partial charge in [0, 0.05) is 16.9 Å². The summed E-state index contributed by atoms with van der Waals surface area (Å²) >= 11 is 1.58. The molecule has 0 atom stereocenters. The van der Waals surface area contributed by atoms with E-state index in [1.165, 1.54) is 0 Å². The van der Waals surface area contributed by atoms with Crippen molar-refractivity contribution in [3.05, 3.63) is 15.5 Å². The fourth-order valence-electron chi connectivity index (χ4n) is 1.05. The molecule has 0 aliphatic carbocycles. The van der Waals surface area contributed by atoms with E-state index in [0.29, 0.717) is 0 Å². The lowest BCUT2D eigenvalue weighted by molar-refractivity contribution is 0.145. The molecule has 0 saturated heterocycles. The summed E-state index contributed by atoms with van der Waals surface area (Å²) in [6.45, 7) is 0. The van der Waals surface area contributed by atoms with Crippen molar-refractivity contribution in [2.75, 3.05) is 7.11 Å². The maximum atomic E-state index is 12.6. The highest BCUT2D eigenvalue weighted by Crippen LogP contribution is 2.37. The van der Waals surface area contributed by atoms with Crippen molar-refractivity contribution in [2.45, 2.75) is 11.3 Å². The van der Waals surface area contributed by atoms with E-state index in [2.05, 4.69) is 9.72 Å². The maximum absolute atomic E-state index is 12.6. The van der Waals surface area contributed by atoms with Gasteiger partial charge in [-0.3, -0.25) is 0 Å². The largest absolute Gasteiger partial charge is 0.495 e. The molecule has 1 rings (SSSR count). The lowest BCUT2D eigenvalue weighted by atomic mass is 10.3. The van der Waals surface area contributed by atoms with Crippen LogP contribution in [0.2, 0.25) is 0 Å². The Morgan fingerprint density at radius 1 is 1.56 bits per heavy atom. The fraction of sp³-hybridized carbons (Fsp3) is 0.286. The van der Waals surface area contributed by atoms with E-state index >= 15 is 0 Å². The van der Waals surface area contributed by atoms with E-state index in [1.807, 2.05) is 0 Å². The Labute approximate surface area is 109 Å². The molecule has 4 nitrogen and oxygen atoms in total. The zero-order chi connectivity index (χ0) is 12.5. The van der Waals surface area contributed by atoms with Gasteiger partial charge in [-0.05, 0) is 22.6 Å². The Balaban J connectivity index is 3.64. The number of pyridine rings is 1. The van der Waals surface area contributed by atoms with Crippen LogP contribution in [0.1, 0.15) is 12.0 Å². The highest BCUT2D eigenvalue weighted by Gasteiger charge is 2.27. The molecular weight excluding hydrogens is 379 g/mol. The quantitative estimate of drug-likeness (QED) is 0.457. The van der Waals surface area contributed by atoms with Gasteiger partial charge in [-0.15, -0.1) is 0 Å². The average Bonchev–Trinajstić information content (AvgIpc) is 2.14. The van der Waals surface area contributed by atoms with Crippen LogP contribution in [0.25, 0.3) is 0 Å². The number of rotatable bonds is 3. The van der Waals surface area contributed by atoms with E-state index in [0.717, 1.165) is 13.3 Å². The van der Waals surface area contributed by atoms with Gasteiger partial charge in [-0.1, -0.05) is 0 Å². The van der Waals surface area contributed by atoms with Crippen molar-refractivity contribution in [2.24, 2.45) is 0 Å². The van der Waals surface area contributed by atoms with Crippen molar-refractivity contribution in [3.63, 3.8) is 0 Å².